The Morgan fingerprint density at radius 1 is 1.22 bits per heavy atom. The predicted molar refractivity (Wildman–Crippen MR) is 112 cm³/mol. The third-order valence-electron chi connectivity index (χ3n) is 5.12. The van der Waals surface area contributed by atoms with E-state index in [1.807, 2.05) is 41.9 Å². The highest BCUT2D eigenvalue weighted by Gasteiger charge is 2.39. The summed E-state index contributed by atoms with van der Waals surface area (Å²) in [4.78, 5) is 13.2. The lowest BCUT2D eigenvalue weighted by Gasteiger charge is -2.29. The Labute approximate surface area is 175 Å². The van der Waals surface area contributed by atoms with E-state index < -0.39 is 5.54 Å². The number of fused-ring (bicyclic) bond motifs is 1. The number of carbonyl (C=O) groups is 1. The molecule has 2 aromatic carbocycles. The molecule has 1 unspecified atom stereocenters. The molecule has 1 N–H and O–H groups in total. The molecule has 7 heteroatoms. The number of ether oxygens (including phenoxy) is 1. The zero-order valence-corrected chi connectivity index (χ0v) is 17.7. The highest BCUT2D eigenvalue weighted by atomic mass is 79.9. The van der Waals surface area contributed by atoms with Gasteiger partial charge in [0, 0.05) is 35.5 Å². The fourth-order valence-electron chi connectivity index (χ4n) is 3.58. The lowest BCUT2D eigenvalue weighted by Crippen LogP contribution is -2.46. The molecule has 4 nitrogen and oxygen atoms in total. The van der Waals surface area contributed by atoms with E-state index >= 15 is 0 Å². The quantitative estimate of drug-likeness (QED) is 0.568. The molecule has 1 aliphatic rings. The van der Waals surface area contributed by atoms with Gasteiger partial charge in [0.2, 0.25) is 0 Å². The molecule has 1 aliphatic heterocycles. The average molecular weight is 468 g/mol. The van der Waals surface area contributed by atoms with Crippen molar-refractivity contribution in [1.82, 2.24) is 9.88 Å². The van der Waals surface area contributed by atoms with Crippen molar-refractivity contribution in [1.29, 1.82) is 0 Å². The smallest absolute Gasteiger partial charge is 0.268 e. The van der Waals surface area contributed by atoms with Crippen LogP contribution in [0.15, 0.2) is 46.9 Å². The van der Waals surface area contributed by atoms with Crippen molar-refractivity contribution >= 4 is 55.9 Å². The van der Waals surface area contributed by atoms with Crippen LogP contribution in [0.5, 0.6) is 0 Å². The Bertz CT molecular complexity index is 1020. The summed E-state index contributed by atoms with van der Waals surface area (Å²) in [5.74, 6) is -0.172. The SMILES string of the molecule is Cn1c(C(=O)NC2(c3ccc(Br)cc3)CCOC2)cc2c(Cl)c(Cl)ccc21. The van der Waals surface area contributed by atoms with Crippen LogP contribution in [-0.2, 0) is 17.3 Å². The van der Waals surface area contributed by atoms with Gasteiger partial charge < -0.3 is 14.6 Å². The molecule has 2 heterocycles. The lowest BCUT2D eigenvalue weighted by atomic mass is 9.89. The first kappa shape index (κ1) is 18.8. The van der Waals surface area contributed by atoms with Gasteiger partial charge in [0.05, 0.1) is 22.2 Å². The summed E-state index contributed by atoms with van der Waals surface area (Å²) < 4.78 is 8.46. The van der Waals surface area contributed by atoms with Gasteiger partial charge in [-0.2, -0.15) is 0 Å². The zero-order chi connectivity index (χ0) is 19.2. The van der Waals surface area contributed by atoms with Gasteiger partial charge in [-0.3, -0.25) is 4.79 Å². The maximum Gasteiger partial charge on any atom is 0.268 e. The van der Waals surface area contributed by atoms with Gasteiger partial charge >= 0.3 is 0 Å². The average Bonchev–Trinajstić information content (AvgIpc) is 3.25. The van der Waals surface area contributed by atoms with Crippen molar-refractivity contribution in [3.05, 3.63) is 68.2 Å². The Kier molecular flexibility index (Phi) is 4.97. The maximum absolute atomic E-state index is 13.2. The standard InChI is InChI=1S/C20H17BrCl2N2O2/c1-25-16-7-6-15(22)18(23)14(16)10-17(25)19(26)24-20(8-9-27-11-20)12-2-4-13(21)5-3-12/h2-7,10H,8-9,11H2,1H3,(H,24,26). The summed E-state index contributed by atoms with van der Waals surface area (Å²) in [7, 11) is 1.85. The minimum atomic E-state index is -0.546. The van der Waals surface area contributed by atoms with Gasteiger partial charge in [-0.25, -0.2) is 0 Å². The Balaban J connectivity index is 1.72. The maximum atomic E-state index is 13.2. The number of aryl methyl sites for hydroxylation is 1. The molecule has 0 bridgehead atoms. The molecule has 0 radical (unpaired) electrons. The molecule has 0 saturated carbocycles. The van der Waals surface area contributed by atoms with Gasteiger partial charge in [0.15, 0.2) is 0 Å². The van der Waals surface area contributed by atoms with Crippen LogP contribution >= 0.6 is 39.1 Å². The number of halogens is 3. The molecule has 1 aromatic heterocycles. The van der Waals surface area contributed by atoms with Gasteiger partial charge in [-0.05, 0) is 35.9 Å². The van der Waals surface area contributed by atoms with Crippen molar-refractivity contribution in [2.24, 2.45) is 7.05 Å². The van der Waals surface area contributed by atoms with E-state index in [4.69, 9.17) is 27.9 Å². The number of hydrogen-bond acceptors (Lipinski definition) is 2. The first-order valence-corrected chi connectivity index (χ1v) is 10.1. The topological polar surface area (TPSA) is 43.3 Å². The molecular weight excluding hydrogens is 451 g/mol. The van der Waals surface area contributed by atoms with E-state index in [9.17, 15) is 4.79 Å². The van der Waals surface area contributed by atoms with Crippen LogP contribution in [0.25, 0.3) is 10.9 Å². The Morgan fingerprint density at radius 2 is 1.96 bits per heavy atom. The molecule has 0 spiro atoms. The second-order valence-electron chi connectivity index (χ2n) is 6.73. The van der Waals surface area contributed by atoms with Crippen LogP contribution in [-0.4, -0.2) is 23.7 Å². The number of aromatic nitrogens is 1. The second-order valence-corrected chi connectivity index (χ2v) is 8.43. The monoisotopic (exact) mass is 466 g/mol. The summed E-state index contributed by atoms with van der Waals surface area (Å²) >= 11 is 15.9. The van der Waals surface area contributed by atoms with E-state index in [0.29, 0.717) is 29.0 Å². The molecule has 1 amide bonds. The number of nitrogens with zero attached hydrogens (tertiary/aromatic N) is 1. The Hall–Kier alpha value is -1.53. The summed E-state index contributed by atoms with van der Waals surface area (Å²) in [6.07, 6.45) is 0.719. The molecule has 1 atom stereocenters. The number of benzene rings is 2. The highest BCUT2D eigenvalue weighted by molar-refractivity contribution is 9.10. The van der Waals surface area contributed by atoms with Crippen LogP contribution in [0.4, 0.5) is 0 Å². The van der Waals surface area contributed by atoms with Crippen molar-refractivity contribution in [2.45, 2.75) is 12.0 Å². The molecule has 0 aliphatic carbocycles. The second kappa shape index (κ2) is 7.13. The molecule has 140 valence electrons. The minimum absolute atomic E-state index is 0.172. The summed E-state index contributed by atoms with van der Waals surface area (Å²) in [5, 5.41) is 4.89. The number of carbonyl (C=O) groups excluding carboxylic acids is 1. The number of nitrogens with one attached hydrogen (secondary N) is 1. The van der Waals surface area contributed by atoms with Gasteiger partial charge in [0.1, 0.15) is 5.69 Å². The molecular formula is C20H17BrCl2N2O2. The molecule has 1 saturated heterocycles. The number of rotatable bonds is 3. The van der Waals surface area contributed by atoms with Crippen LogP contribution in [0.1, 0.15) is 22.5 Å². The van der Waals surface area contributed by atoms with Gasteiger partial charge in [0.25, 0.3) is 5.91 Å². The highest BCUT2D eigenvalue weighted by Crippen LogP contribution is 2.34. The normalized spacial score (nSPS) is 19.6. The molecule has 3 aromatic rings. The van der Waals surface area contributed by atoms with Gasteiger partial charge in [-0.15, -0.1) is 0 Å². The molecule has 4 rings (SSSR count). The first-order chi connectivity index (χ1) is 12.9. The van der Waals surface area contributed by atoms with Crippen LogP contribution in [0.3, 0.4) is 0 Å². The third kappa shape index (κ3) is 3.27. The first-order valence-electron chi connectivity index (χ1n) is 8.51. The number of amides is 1. The van der Waals surface area contributed by atoms with Crippen LogP contribution in [0, 0.1) is 0 Å². The summed E-state index contributed by atoms with van der Waals surface area (Å²) in [6.45, 7) is 1.05. The fraction of sp³-hybridized carbons (Fsp3) is 0.250. The predicted octanol–water partition coefficient (Wildman–Crippen LogP) is 5.29. The minimum Gasteiger partial charge on any atom is -0.379 e. The zero-order valence-electron chi connectivity index (χ0n) is 14.6. The van der Waals surface area contributed by atoms with Gasteiger partial charge in [-0.1, -0.05) is 51.3 Å². The summed E-state index contributed by atoms with van der Waals surface area (Å²) in [5.41, 5.74) is 1.86. The van der Waals surface area contributed by atoms with E-state index in [1.54, 1.807) is 12.1 Å². The van der Waals surface area contributed by atoms with Crippen molar-refractivity contribution in [3.63, 3.8) is 0 Å². The van der Waals surface area contributed by atoms with Crippen molar-refractivity contribution in [3.8, 4) is 0 Å². The lowest BCUT2D eigenvalue weighted by molar-refractivity contribution is 0.0868. The van der Waals surface area contributed by atoms with E-state index in [-0.39, 0.29) is 5.91 Å². The van der Waals surface area contributed by atoms with E-state index in [1.165, 1.54) is 0 Å². The van der Waals surface area contributed by atoms with E-state index in [2.05, 4.69) is 21.2 Å². The van der Waals surface area contributed by atoms with Crippen molar-refractivity contribution in [2.75, 3.05) is 13.2 Å². The number of hydrogen-bond donors (Lipinski definition) is 1. The van der Waals surface area contributed by atoms with Crippen LogP contribution in [0.2, 0.25) is 10.0 Å². The molecule has 27 heavy (non-hydrogen) atoms. The largest absolute Gasteiger partial charge is 0.379 e. The summed E-state index contributed by atoms with van der Waals surface area (Å²) in [6, 6.07) is 13.4. The van der Waals surface area contributed by atoms with Crippen molar-refractivity contribution < 1.29 is 9.53 Å². The molecule has 1 fully saturated rings. The third-order valence-corrected chi connectivity index (χ3v) is 6.46. The Morgan fingerprint density at radius 3 is 2.63 bits per heavy atom. The van der Waals surface area contributed by atoms with E-state index in [0.717, 1.165) is 27.4 Å². The fourth-order valence-corrected chi connectivity index (χ4v) is 4.22. The van der Waals surface area contributed by atoms with Crippen LogP contribution < -0.4 is 5.32 Å².